The second-order valence-corrected chi connectivity index (χ2v) is 5.22. The zero-order valence-electron chi connectivity index (χ0n) is 10.7. The van der Waals surface area contributed by atoms with Gasteiger partial charge in [0.05, 0.1) is 10.7 Å². The van der Waals surface area contributed by atoms with E-state index >= 15 is 0 Å². The van der Waals surface area contributed by atoms with Gasteiger partial charge in [0.15, 0.2) is 0 Å². The highest BCUT2D eigenvalue weighted by atomic mass is 35.5. The van der Waals surface area contributed by atoms with Crippen molar-refractivity contribution in [1.82, 2.24) is 0 Å². The zero-order valence-corrected chi connectivity index (χ0v) is 12.2. The first-order valence-corrected chi connectivity index (χ1v) is 6.76. The van der Waals surface area contributed by atoms with E-state index in [0.29, 0.717) is 16.6 Å². The van der Waals surface area contributed by atoms with Crippen molar-refractivity contribution in [3.05, 3.63) is 70.2 Å². The van der Waals surface area contributed by atoms with E-state index in [-0.39, 0.29) is 0 Å². The van der Waals surface area contributed by atoms with Crippen LogP contribution in [-0.2, 0) is 0 Å². The van der Waals surface area contributed by atoms with Gasteiger partial charge in [-0.05, 0) is 35.8 Å². The molecule has 19 heavy (non-hydrogen) atoms. The van der Waals surface area contributed by atoms with Crippen molar-refractivity contribution in [3.63, 3.8) is 0 Å². The molecule has 98 valence electrons. The predicted octanol–water partition coefficient (Wildman–Crippen LogP) is 5.43. The SMILES string of the molecule is C=C(CNc1cc(Cl)c(C)cc1Cl)c1ccccc1. The molecule has 0 aromatic heterocycles. The molecule has 0 aliphatic rings. The lowest BCUT2D eigenvalue weighted by atomic mass is 10.1. The van der Waals surface area contributed by atoms with Gasteiger partial charge >= 0.3 is 0 Å². The highest BCUT2D eigenvalue weighted by molar-refractivity contribution is 6.35. The van der Waals surface area contributed by atoms with E-state index in [2.05, 4.69) is 11.9 Å². The van der Waals surface area contributed by atoms with Crippen LogP contribution in [-0.4, -0.2) is 6.54 Å². The maximum Gasteiger partial charge on any atom is 0.0641 e. The van der Waals surface area contributed by atoms with Gasteiger partial charge in [-0.2, -0.15) is 0 Å². The monoisotopic (exact) mass is 291 g/mol. The molecule has 2 rings (SSSR count). The minimum Gasteiger partial charge on any atom is -0.380 e. The maximum atomic E-state index is 6.18. The van der Waals surface area contributed by atoms with Crippen LogP contribution in [0.3, 0.4) is 0 Å². The van der Waals surface area contributed by atoms with Crippen LogP contribution in [0.5, 0.6) is 0 Å². The molecule has 0 aliphatic heterocycles. The molecule has 0 fully saturated rings. The van der Waals surface area contributed by atoms with Gasteiger partial charge in [0.25, 0.3) is 0 Å². The highest BCUT2D eigenvalue weighted by Crippen LogP contribution is 2.29. The van der Waals surface area contributed by atoms with Gasteiger partial charge < -0.3 is 5.32 Å². The van der Waals surface area contributed by atoms with E-state index in [1.54, 1.807) is 0 Å². The molecule has 0 heterocycles. The van der Waals surface area contributed by atoms with Crippen molar-refractivity contribution in [2.75, 3.05) is 11.9 Å². The Hall–Kier alpha value is -1.44. The van der Waals surface area contributed by atoms with Crippen molar-refractivity contribution >= 4 is 34.5 Å². The van der Waals surface area contributed by atoms with Crippen molar-refractivity contribution in [3.8, 4) is 0 Å². The van der Waals surface area contributed by atoms with Gasteiger partial charge in [0.2, 0.25) is 0 Å². The summed E-state index contributed by atoms with van der Waals surface area (Å²) in [5.74, 6) is 0. The summed E-state index contributed by atoms with van der Waals surface area (Å²) in [6, 6.07) is 13.8. The van der Waals surface area contributed by atoms with Crippen LogP contribution in [0.4, 0.5) is 5.69 Å². The minimum atomic E-state index is 0.628. The highest BCUT2D eigenvalue weighted by Gasteiger charge is 2.05. The summed E-state index contributed by atoms with van der Waals surface area (Å²) in [7, 11) is 0. The smallest absolute Gasteiger partial charge is 0.0641 e. The zero-order chi connectivity index (χ0) is 13.8. The fourth-order valence-corrected chi connectivity index (χ4v) is 2.21. The van der Waals surface area contributed by atoms with Gasteiger partial charge in [-0.15, -0.1) is 0 Å². The quantitative estimate of drug-likeness (QED) is 0.792. The van der Waals surface area contributed by atoms with E-state index in [0.717, 1.165) is 22.4 Å². The number of nitrogens with one attached hydrogen (secondary N) is 1. The second kappa shape index (κ2) is 6.14. The molecule has 2 aromatic carbocycles. The minimum absolute atomic E-state index is 0.628. The standard InChI is InChI=1S/C16H15Cl2N/c1-11-8-15(18)16(9-14(11)17)19-10-12(2)13-6-4-3-5-7-13/h3-9,19H,2,10H2,1H3. The van der Waals surface area contributed by atoms with Crippen molar-refractivity contribution < 1.29 is 0 Å². The van der Waals surface area contributed by atoms with Crippen LogP contribution in [0.1, 0.15) is 11.1 Å². The number of aryl methyl sites for hydroxylation is 1. The first-order chi connectivity index (χ1) is 9.08. The molecular weight excluding hydrogens is 277 g/mol. The Labute approximate surface area is 123 Å². The third-order valence-electron chi connectivity index (χ3n) is 2.92. The van der Waals surface area contributed by atoms with Crippen molar-refractivity contribution in [1.29, 1.82) is 0 Å². The van der Waals surface area contributed by atoms with E-state index in [1.165, 1.54) is 0 Å². The number of hydrogen-bond acceptors (Lipinski definition) is 1. The molecular formula is C16H15Cl2N. The van der Waals surface area contributed by atoms with Crippen LogP contribution in [0.2, 0.25) is 10.0 Å². The molecule has 0 bridgehead atoms. The summed E-state index contributed by atoms with van der Waals surface area (Å²) >= 11 is 12.3. The van der Waals surface area contributed by atoms with Crippen LogP contribution < -0.4 is 5.32 Å². The van der Waals surface area contributed by atoms with E-state index < -0.39 is 0 Å². The molecule has 1 N–H and O–H groups in total. The Morgan fingerprint density at radius 1 is 1.11 bits per heavy atom. The van der Waals surface area contributed by atoms with Gasteiger partial charge in [-0.25, -0.2) is 0 Å². The molecule has 1 nitrogen and oxygen atoms in total. The largest absolute Gasteiger partial charge is 0.380 e. The van der Waals surface area contributed by atoms with Gasteiger partial charge in [-0.1, -0.05) is 60.1 Å². The van der Waals surface area contributed by atoms with Crippen molar-refractivity contribution in [2.45, 2.75) is 6.92 Å². The molecule has 0 saturated heterocycles. The Morgan fingerprint density at radius 2 is 1.79 bits per heavy atom. The predicted molar refractivity (Wildman–Crippen MR) is 85.2 cm³/mol. The first kappa shape index (κ1) is 14.0. The molecule has 0 radical (unpaired) electrons. The van der Waals surface area contributed by atoms with Crippen LogP contribution in [0.15, 0.2) is 49.0 Å². The molecule has 0 spiro atoms. The first-order valence-electron chi connectivity index (χ1n) is 6.00. The number of hydrogen-bond donors (Lipinski definition) is 1. The van der Waals surface area contributed by atoms with Crippen LogP contribution in [0, 0.1) is 6.92 Å². The molecule has 0 atom stereocenters. The Bertz CT molecular complexity index is 591. The molecule has 0 amide bonds. The molecule has 3 heteroatoms. The van der Waals surface area contributed by atoms with Gasteiger partial charge in [0.1, 0.15) is 0 Å². The summed E-state index contributed by atoms with van der Waals surface area (Å²) in [6.45, 7) is 6.63. The van der Waals surface area contributed by atoms with E-state index in [4.69, 9.17) is 23.2 Å². The van der Waals surface area contributed by atoms with Crippen molar-refractivity contribution in [2.24, 2.45) is 0 Å². The van der Waals surface area contributed by atoms with E-state index in [9.17, 15) is 0 Å². The fraction of sp³-hybridized carbons (Fsp3) is 0.125. The molecule has 2 aromatic rings. The van der Waals surface area contributed by atoms with E-state index in [1.807, 2.05) is 49.4 Å². The normalized spacial score (nSPS) is 10.3. The Morgan fingerprint density at radius 3 is 2.47 bits per heavy atom. The molecule has 0 saturated carbocycles. The summed E-state index contributed by atoms with van der Waals surface area (Å²) < 4.78 is 0. The number of rotatable bonds is 4. The third-order valence-corrected chi connectivity index (χ3v) is 3.64. The second-order valence-electron chi connectivity index (χ2n) is 4.40. The number of anilines is 1. The molecule has 0 unspecified atom stereocenters. The average molecular weight is 292 g/mol. The van der Waals surface area contributed by atoms with Crippen LogP contribution in [0.25, 0.3) is 5.57 Å². The summed E-state index contributed by atoms with van der Waals surface area (Å²) in [4.78, 5) is 0. The topological polar surface area (TPSA) is 12.0 Å². The lowest BCUT2D eigenvalue weighted by molar-refractivity contribution is 1.33. The lowest BCUT2D eigenvalue weighted by Crippen LogP contribution is -2.04. The number of halogens is 2. The molecule has 0 aliphatic carbocycles. The summed E-state index contributed by atoms with van der Waals surface area (Å²) in [5.41, 5.74) is 3.92. The van der Waals surface area contributed by atoms with Crippen LogP contribution >= 0.6 is 23.2 Å². The average Bonchev–Trinajstić information content (AvgIpc) is 2.42. The maximum absolute atomic E-state index is 6.18. The Kier molecular flexibility index (Phi) is 4.52. The number of benzene rings is 2. The summed E-state index contributed by atoms with van der Waals surface area (Å²) in [6.07, 6.45) is 0. The fourth-order valence-electron chi connectivity index (χ4n) is 1.76. The Balaban J connectivity index is 2.07. The lowest BCUT2D eigenvalue weighted by Gasteiger charge is -2.12. The third kappa shape index (κ3) is 3.52. The van der Waals surface area contributed by atoms with Gasteiger partial charge in [0, 0.05) is 11.6 Å². The van der Waals surface area contributed by atoms with Gasteiger partial charge in [-0.3, -0.25) is 0 Å². The summed E-state index contributed by atoms with van der Waals surface area (Å²) in [5, 5.41) is 4.64.